The molecule has 0 aromatic heterocycles. The van der Waals surface area contributed by atoms with Gasteiger partial charge < -0.3 is 23.8 Å². The maximum Gasteiger partial charge on any atom is 0.408 e. The van der Waals surface area contributed by atoms with Gasteiger partial charge >= 0.3 is 12.1 Å². The summed E-state index contributed by atoms with van der Waals surface area (Å²) in [4.78, 5) is 23.4. The molecule has 7 nitrogen and oxygen atoms in total. The number of rotatable bonds is 4. The monoisotopic (exact) mass is 325 g/mol. The van der Waals surface area contributed by atoms with Crippen LogP contribution >= 0.6 is 6.49 Å². The van der Waals surface area contributed by atoms with E-state index in [1.54, 1.807) is 20.8 Å². The normalized spacial score (nSPS) is 19.2. The standard InChI is InChI=1S/C11H20NO6PS/c1-11(2,3)18-10(14)12-8(9(13)15-4)7-19(20)16-5-6-17-19/h8H,5-7H2,1-4H3,(H,12,14)/t8-/m1/s1. The van der Waals surface area contributed by atoms with Gasteiger partial charge in [0, 0.05) is 0 Å². The lowest BCUT2D eigenvalue weighted by molar-refractivity contribution is -0.142. The molecular formula is C11H20NO6PS. The van der Waals surface area contributed by atoms with Gasteiger partial charge in [0.15, 0.2) is 6.49 Å². The molecule has 0 aromatic rings. The number of hydrogen-bond acceptors (Lipinski definition) is 7. The maximum atomic E-state index is 11.7. The van der Waals surface area contributed by atoms with Crippen molar-refractivity contribution in [1.82, 2.24) is 5.32 Å². The summed E-state index contributed by atoms with van der Waals surface area (Å²) in [5, 5.41) is 2.44. The molecule has 1 saturated heterocycles. The van der Waals surface area contributed by atoms with Crippen molar-refractivity contribution in [2.75, 3.05) is 26.5 Å². The molecular weight excluding hydrogens is 305 g/mol. The molecule has 1 amide bonds. The highest BCUT2D eigenvalue weighted by atomic mass is 32.5. The van der Waals surface area contributed by atoms with Crippen molar-refractivity contribution in [1.29, 1.82) is 0 Å². The summed E-state index contributed by atoms with van der Waals surface area (Å²) in [5.74, 6) is -0.612. The second kappa shape index (κ2) is 6.85. The van der Waals surface area contributed by atoms with E-state index < -0.39 is 30.2 Å². The third-order valence-electron chi connectivity index (χ3n) is 2.24. The van der Waals surface area contributed by atoms with E-state index in [0.717, 1.165) is 0 Å². The lowest BCUT2D eigenvalue weighted by Gasteiger charge is -2.24. The number of nitrogens with one attached hydrogen (secondary N) is 1. The summed E-state index contributed by atoms with van der Waals surface area (Å²) in [6.45, 7) is 3.44. The molecule has 1 heterocycles. The minimum absolute atomic E-state index is 0.0776. The molecule has 1 rings (SSSR count). The van der Waals surface area contributed by atoms with Crippen LogP contribution in [0.5, 0.6) is 0 Å². The molecule has 1 aliphatic rings. The van der Waals surface area contributed by atoms with Crippen molar-refractivity contribution < 1.29 is 28.1 Å². The molecule has 0 unspecified atom stereocenters. The van der Waals surface area contributed by atoms with Crippen molar-refractivity contribution >= 4 is 30.4 Å². The molecule has 9 heteroatoms. The number of alkyl carbamates (subject to hydrolysis) is 1. The number of carbonyl (C=O) groups excluding carboxylic acids is 2. The third kappa shape index (κ3) is 5.75. The minimum atomic E-state index is -2.54. The summed E-state index contributed by atoms with van der Waals surface area (Å²) in [7, 11) is 1.23. The SMILES string of the molecule is COC(=O)[C@@H](CP1(=S)OCCO1)NC(=O)OC(C)(C)C. The highest BCUT2D eigenvalue weighted by Crippen LogP contribution is 2.52. The van der Waals surface area contributed by atoms with Crippen LogP contribution in [-0.4, -0.2) is 50.2 Å². The maximum absolute atomic E-state index is 11.7. The Kier molecular flexibility index (Phi) is 5.94. The molecule has 1 fully saturated rings. The Labute approximate surface area is 123 Å². The van der Waals surface area contributed by atoms with Gasteiger partial charge in [0.2, 0.25) is 0 Å². The van der Waals surface area contributed by atoms with Crippen LogP contribution in [0.2, 0.25) is 0 Å². The van der Waals surface area contributed by atoms with E-state index in [-0.39, 0.29) is 6.16 Å². The van der Waals surface area contributed by atoms with Crippen LogP contribution < -0.4 is 5.32 Å². The first-order valence-electron chi connectivity index (χ1n) is 6.11. The zero-order valence-electron chi connectivity index (χ0n) is 12.0. The number of ether oxygens (including phenoxy) is 2. The average Bonchev–Trinajstić information content (AvgIpc) is 2.71. The third-order valence-corrected chi connectivity index (χ3v) is 5.29. The van der Waals surface area contributed by atoms with Gasteiger partial charge in [-0.1, -0.05) is 0 Å². The van der Waals surface area contributed by atoms with Crippen LogP contribution in [0.1, 0.15) is 20.8 Å². The first-order valence-corrected chi connectivity index (χ1v) is 8.93. The predicted molar refractivity (Wildman–Crippen MR) is 76.2 cm³/mol. The smallest absolute Gasteiger partial charge is 0.408 e. The quantitative estimate of drug-likeness (QED) is 0.618. The van der Waals surface area contributed by atoms with Crippen molar-refractivity contribution in [3.8, 4) is 0 Å². The van der Waals surface area contributed by atoms with Crippen LogP contribution in [0, 0.1) is 0 Å². The fraction of sp³-hybridized carbons (Fsp3) is 0.818. The fourth-order valence-corrected chi connectivity index (χ4v) is 4.06. The van der Waals surface area contributed by atoms with Gasteiger partial charge in [-0.05, 0) is 32.6 Å². The van der Waals surface area contributed by atoms with Gasteiger partial charge in [-0.15, -0.1) is 0 Å². The molecule has 0 saturated carbocycles. The van der Waals surface area contributed by atoms with Gasteiger partial charge in [0.25, 0.3) is 0 Å². The van der Waals surface area contributed by atoms with Crippen molar-refractivity contribution in [2.45, 2.75) is 32.4 Å². The average molecular weight is 325 g/mol. The van der Waals surface area contributed by atoms with Crippen LogP contribution in [0.4, 0.5) is 4.79 Å². The Morgan fingerprint density at radius 1 is 1.35 bits per heavy atom. The van der Waals surface area contributed by atoms with Crippen LogP contribution in [-0.2, 0) is 35.1 Å². The Hall–Kier alpha value is -0.690. The Morgan fingerprint density at radius 2 is 1.90 bits per heavy atom. The lowest BCUT2D eigenvalue weighted by atomic mass is 10.2. The number of amides is 1. The molecule has 0 spiro atoms. The van der Waals surface area contributed by atoms with Gasteiger partial charge in [-0.25, -0.2) is 9.59 Å². The van der Waals surface area contributed by atoms with Gasteiger partial charge in [0.05, 0.1) is 26.5 Å². The van der Waals surface area contributed by atoms with E-state index in [1.165, 1.54) is 7.11 Å². The molecule has 0 bridgehead atoms. The highest BCUT2D eigenvalue weighted by Gasteiger charge is 2.34. The number of esters is 1. The van der Waals surface area contributed by atoms with E-state index in [0.29, 0.717) is 13.2 Å². The van der Waals surface area contributed by atoms with Crippen molar-refractivity contribution in [3.63, 3.8) is 0 Å². The topological polar surface area (TPSA) is 83.1 Å². The van der Waals surface area contributed by atoms with Crippen molar-refractivity contribution in [3.05, 3.63) is 0 Å². The molecule has 116 valence electrons. The van der Waals surface area contributed by atoms with E-state index in [9.17, 15) is 9.59 Å². The van der Waals surface area contributed by atoms with Gasteiger partial charge in [0.1, 0.15) is 11.6 Å². The summed E-state index contributed by atoms with van der Waals surface area (Å²) in [6.07, 6.45) is -0.637. The molecule has 1 atom stereocenters. The Morgan fingerprint density at radius 3 is 2.35 bits per heavy atom. The van der Waals surface area contributed by atoms with Gasteiger partial charge in [-0.3, -0.25) is 0 Å². The van der Waals surface area contributed by atoms with E-state index >= 15 is 0 Å². The second-order valence-electron chi connectivity index (χ2n) is 5.18. The minimum Gasteiger partial charge on any atom is -0.467 e. The Balaban J connectivity index is 2.67. The van der Waals surface area contributed by atoms with Gasteiger partial charge in [-0.2, -0.15) is 0 Å². The number of hydrogen-bond donors (Lipinski definition) is 1. The van der Waals surface area contributed by atoms with Crippen LogP contribution in [0.15, 0.2) is 0 Å². The summed E-state index contributed by atoms with van der Waals surface area (Å²) in [5.41, 5.74) is -0.661. The Bertz CT molecular complexity index is 412. The lowest BCUT2D eigenvalue weighted by Crippen LogP contribution is -2.46. The molecule has 1 aliphatic heterocycles. The largest absolute Gasteiger partial charge is 0.467 e. The summed E-state index contributed by atoms with van der Waals surface area (Å²) in [6, 6.07) is -0.946. The molecule has 20 heavy (non-hydrogen) atoms. The first-order chi connectivity index (χ1) is 9.15. The highest BCUT2D eigenvalue weighted by molar-refractivity contribution is 8.10. The fourth-order valence-electron chi connectivity index (χ4n) is 1.49. The number of methoxy groups -OCH3 is 1. The zero-order chi connectivity index (χ0) is 15.4. The molecule has 0 radical (unpaired) electrons. The van der Waals surface area contributed by atoms with Crippen molar-refractivity contribution in [2.24, 2.45) is 0 Å². The molecule has 1 N–H and O–H groups in total. The second-order valence-corrected chi connectivity index (χ2v) is 8.95. The summed E-state index contributed by atoms with van der Waals surface area (Å²) < 4.78 is 20.5. The first kappa shape index (κ1) is 17.4. The number of carbonyl (C=O) groups is 2. The van der Waals surface area contributed by atoms with E-state index in [2.05, 4.69) is 10.1 Å². The van der Waals surface area contributed by atoms with Crippen LogP contribution in [0.25, 0.3) is 0 Å². The van der Waals surface area contributed by atoms with E-state index in [4.69, 9.17) is 25.6 Å². The van der Waals surface area contributed by atoms with Crippen LogP contribution in [0.3, 0.4) is 0 Å². The van der Waals surface area contributed by atoms with E-state index in [1.807, 2.05) is 0 Å². The molecule has 0 aliphatic carbocycles. The predicted octanol–water partition coefficient (Wildman–Crippen LogP) is 1.41. The summed E-state index contributed by atoms with van der Waals surface area (Å²) >= 11 is 5.24. The molecule has 0 aromatic carbocycles. The zero-order valence-corrected chi connectivity index (χ0v) is 13.7.